The summed E-state index contributed by atoms with van der Waals surface area (Å²) in [6, 6.07) is -0.335. The van der Waals surface area contributed by atoms with E-state index in [4.69, 9.17) is 0 Å². The molecule has 100 valence electrons. The first-order valence-corrected chi connectivity index (χ1v) is 6.39. The molecule has 0 aliphatic heterocycles. The predicted molar refractivity (Wildman–Crippen MR) is 68.7 cm³/mol. The summed E-state index contributed by atoms with van der Waals surface area (Å²) in [5.74, 6) is -0.123. The average Bonchev–Trinajstić information content (AvgIpc) is 2.33. The number of carbonyl (C=O) groups is 2. The van der Waals surface area contributed by atoms with Crippen LogP contribution < -0.4 is 16.0 Å². The van der Waals surface area contributed by atoms with E-state index >= 15 is 0 Å². The van der Waals surface area contributed by atoms with Gasteiger partial charge in [0.1, 0.15) is 0 Å². The van der Waals surface area contributed by atoms with Gasteiger partial charge < -0.3 is 10.6 Å². The Morgan fingerprint density at radius 3 is 2.35 bits per heavy atom. The Morgan fingerprint density at radius 1 is 1.06 bits per heavy atom. The summed E-state index contributed by atoms with van der Waals surface area (Å²) >= 11 is 0. The van der Waals surface area contributed by atoms with E-state index < -0.39 is 0 Å². The third-order valence-corrected chi connectivity index (χ3v) is 2.36. The van der Waals surface area contributed by atoms with Crippen LogP contribution in [-0.4, -0.2) is 37.5 Å². The Kier molecular flexibility index (Phi) is 9.43. The highest BCUT2D eigenvalue weighted by Crippen LogP contribution is 1.84. The Bertz CT molecular complexity index is 232. The number of amides is 2. The lowest BCUT2D eigenvalue weighted by atomic mass is 10.3. The third-order valence-electron chi connectivity index (χ3n) is 2.36. The van der Waals surface area contributed by atoms with Crippen molar-refractivity contribution >= 4 is 11.8 Å². The van der Waals surface area contributed by atoms with E-state index in [0.29, 0.717) is 13.1 Å². The standard InChI is InChI=1S/C12H25N3O2/c1-4-6-8-13-11(16)9-15-10(3)12(17)14-7-5-2/h10,15H,4-9H2,1-3H3,(H,13,16)(H,14,17). The minimum Gasteiger partial charge on any atom is -0.355 e. The molecule has 1 unspecified atom stereocenters. The zero-order chi connectivity index (χ0) is 13.1. The van der Waals surface area contributed by atoms with E-state index in [1.807, 2.05) is 6.92 Å². The van der Waals surface area contributed by atoms with E-state index in [-0.39, 0.29) is 24.4 Å². The van der Waals surface area contributed by atoms with Crippen LogP contribution in [0.2, 0.25) is 0 Å². The number of carbonyl (C=O) groups excluding carboxylic acids is 2. The normalized spacial score (nSPS) is 11.9. The van der Waals surface area contributed by atoms with Crippen LogP contribution in [0.5, 0.6) is 0 Å². The molecule has 1 atom stereocenters. The highest BCUT2D eigenvalue weighted by atomic mass is 16.2. The van der Waals surface area contributed by atoms with E-state index in [0.717, 1.165) is 19.3 Å². The van der Waals surface area contributed by atoms with Crippen molar-refractivity contribution in [2.24, 2.45) is 0 Å². The van der Waals surface area contributed by atoms with E-state index in [2.05, 4.69) is 22.9 Å². The van der Waals surface area contributed by atoms with Gasteiger partial charge in [0.15, 0.2) is 0 Å². The van der Waals surface area contributed by atoms with Gasteiger partial charge in [-0.3, -0.25) is 14.9 Å². The quantitative estimate of drug-likeness (QED) is 0.514. The molecule has 0 bridgehead atoms. The third kappa shape index (κ3) is 8.68. The fourth-order valence-corrected chi connectivity index (χ4v) is 1.21. The SMILES string of the molecule is CCCCNC(=O)CNC(C)C(=O)NCCC. The summed E-state index contributed by atoms with van der Waals surface area (Å²) in [7, 11) is 0. The first-order valence-electron chi connectivity index (χ1n) is 6.39. The van der Waals surface area contributed by atoms with Crippen molar-refractivity contribution in [3.8, 4) is 0 Å². The first kappa shape index (κ1) is 15.9. The van der Waals surface area contributed by atoms with Gasteiger partial charge in [-0.2, -0.15) is 0 Å². The number of rotatable bonds is 9. The number of hydrogen-bond acceptors (Lipinski definition) is 3. The lowest BCUT2D eigenvalue weighted by molar-refractivity contribution is -0.123. The first-order chi connectivity index (χ1) is 8.11. The Hall–Kier alpha value is -1.10. The van der Waals surface area contributed by atoms with Crippen molar-refractivity contribution in [1.82, 2.24) is 16.0 Å². The van der Waals surface area contributed by atoms with Crippen LogP contribution in [0.1, 0.15) is 40.0 Å². The number of hydrogen-bond donors (Lipinski definition) is 3. The summed E-state index contributed by atoms with van der Waals surface area (Å²) < 4.78 is 0. The van der Waals surface area contributed by atoms with Crippen LogP contribution in [0.15, 0.2) is 0 Å². The smallest absolute Gasteiger partial charge is 0.236 e. The largest absolute Gasteiger partial charge is 0.355 e. The van der Waals surface area contributed by atoms with Crippen LogP contribution in [0, 0.1) is 0 Å². The summed E-state index contributed by atoms with van der Waals surface area (Å²) in [6.07, 6.45) is 2.96. The highest BCUT2D eigenvalue weighted by molar-refractivity contribution is 5.83. The van der Waals surface area contributed by atoms with E-state index in [1.54, 1.807) is 6.92 Å². The molecule has 0 aliphatic carbocycles. The fraction of sp³-hybridized carbons (Fsp3) is 0.833. The molecule has 0 aliphatic rings. The summed E-state index contributed by atoms with van der Waals surface area (Å²) in [6.45, 7) is 7.39. The zero-order valence-electron chi connectivity index (χ0n) is 11.1. The molecule has 0 saturated heterocycles. The maximum absolute atomic E-state index is 11.5. The van der Waals surface area contributed by atoms with Gasteiger partial charge in [-0.05, 0) is 19.8 Å². The van der Waals surface area contributed by atoms with Gasteiger partial charge in [0.2, 0.25) is 11.8 Å². The molecular weight excluding hydrogens is 218 g/mol. The molecule has 3 N–H and O–H groups in total. The van der Waals surface area contributed by atoms with Crippen molar-refractivity contribution in [2.45, 2.75) is 46.1 Å². The second-order valence-electron chi connectivity index (χ2n) is 4.10. The van der Waals surface area contributed by atoms with Crippen molar-refractivity contribution in [3.05, 3.63) is 0 Å². The Balaban J connectivity index is 3.64. The van der Waals surface area contributed by atoms with Gasteiger partial charge in [-0.15, -0.1) is 0 Å². The molecule has 0 rings (SSSR count). The maximum Gasteiger partial charge on any atom is 0.236 e. The van der Waals surface area contributed by atoms with Crippen LogP contribution in [-0.2, 0) is 9.59 Å². The summed E-state index contributed by atoms with van der Waals surface area (Å²) in [5.41, 5.74) is 0. The molecule has 0 aromatic heterocycles. The van der Waals surface area contributed by atoms with Crippen LogP contribution in [0.4, 0.5) is 0 Å². The molecule has 0 aromatic carbocycles. The van der Waals surface area contributed by atoms with Crippen molar-refractivity contribution < 1.29 is 9.59 Å². The molecular formula is C12H25N3O2. The van der Waals surface area contributed by atoms with Gasteiger partial charge in [0, 0.05) is 13.1 Å². The van der Waals surface area contributed by atoms with Crippen LogP contribution in [0.25, 0.3) is 0 Å². The zero-order valence-corrected chi connectivity index (χ0v) is 11.1. The molecule has 0 heterocycles. The average molecular weight is 243 g/mol. The molecule has 0 fully saturated rings. The Morgan fingerprint density at radius 2 is 1.76 bits per heavy atom. The van der Waals surface area contributed by atoms with Gasteiger partial charge in [0.05, 0.1) is 12.6 Å². The molecule has 0 saturated carbocycles. The van der Waals surface area contributed by atoms with Crippen molar-refractivity contribution in [1.29, 1.82) is 0 Å². The van der Waals surface area contributed by atoms with Gasteiger partial charge >= 0.3 is 0 Å². The molecule has 0 spiro atoms. The second-order valence-corrected chi connectivity index (χ2v) is 4.10. The predicted octanol–water partition coefficient (Wildman–Crippen LogP) is 0.407. The fourth-order valence-electron chi connectivity index (χ4n) is 1.21. The summed E-state index contributed by atoms with van der Waals surface area (Å²) in [4.78, 5) is 22.8. The lowest BCUT2D eigenvalue weighted by Gasteiger charge is -2.13. The Labute approximate surface area is 104 Å². The maximum atomic E-state index is 11.5. The van der Waals surface area contributed by atoms with Crippen LogP contribution >= 0.6 is 0 Å². The topological polar surface area (TPSA) is 70.2 Å². The molecule has 5 heteroatoms. The summed E-state index contributed by atoms with van der Waals surface area (Å²) in [5, 5.41) is 8.46. The molecule has 2 amide bonds. The monoisotopic (exact) mass is 243 g/mol. The second kappa shape index (κ2) is 10.1. The molecule has 5 nitrogen and oxygen atoms in total. The number of nitrogens with one attached hydrogen (secondary N) is 3. The minimum atomic E-state index is -0.335. The lowest BCUT2D eigenvalue weighted by Crippen LogP contribution is -2.46. The molecule has 0 radical (unpaired) electrons. The van der Waals surface area contributed by atoms with Gasteiger partial charge in [-0.25, -0.2) is 0 Å². The minimum absolute atomic E-state index is 0.0615. The number of unbranched alkanes of at least 4 members (excludes halogenated alkanes) is 1. The van der Waals surface area contributed by atoms with Gasteiger partial charge in [-0.1, -0.05) is 20.3 Å². The van der Waals surface area contributed by atoms with E-state index in [9.17, 15) is 9.59 Å². The van der Waals surface area contributed by atoms with Gasteiger partial charge in [0.25, 0.3) is 0 Å². The van der Waals surface area contributed by atoms with Crippen molar-refractivity contribution in [2.75, 3.05) is 19.6 Å². The highest BCUT2D eigenvalue weighted by Gasteiger charge is 2.12. The van der Waals surface area contributed by atoms with Crippen LogP contribution in [0.3, 0.4) is 0 Å². The molecule has 0 aromatic rings. The molecule has 17 heavy (non-hydrogen) atoms. The van der Waals surface area contributed by atoms with Crippen molar-refractivity contribution in [3.63, 3.8) is 0 Å². The van der Waals surface area contributed by atoms with E-state index in [1.165, 1.54) is 0 Å².